The number of rotatable bonds is 5. The molecule has 0 saturated heterocycles. The van der Waals surface area contributed by atoms with Crippen molar-refractivity contribution < 1.29 is 4.74 Å². The fourth-order valence-electron chi connectivity index (χ4n) is 1.38. The van der Waals surface area contributed by atoms with Gasteiger partial charge in [0.2, 0.25) is 0 Å². The van der Waals surface area contributed by atoms with Crippen LogP contribution in [0.5, 0.6) is 0 Å². The minimum atomic E-state index is 0.226. The monoisotopic (exact) mass is 255 g/mol. The van der Waals surface area contributed by atoms with Crippen molar-refractivity contribution in [3.8, 4) is 0 Å². The highest BCUT2D eigenvalue weighted by atomic mass is 35.5. The zero-order valence-corrected chi connectivity index (χ0v) is 10.5. The van der Waals surface area contributed by atoms with E-state index in [1.165, 1.54) is 6.33 Å². The van der Waals surface area contributed by atoms with Crippen LogP contribution in [0.2, 0.25) is 5.15 Å². The lowest BCUT2D eigenvalue weighted by Crippen LogP contribution is -2.15. The van der Waals surface area contributed by atoms with Crippen LogP contribution in [0.1, 0.15) is 13.8 Å². The first kappa shape index (κ1) is 12.1. The molecule has 0 atom stereocenters. The fourth-order valence-corrected chi connectivity index (χ4v) is 1.56. The molecule has 0 aromatic carbocycles. The molecule has 0 radical (unpaired) electrons. The Morgan fingerprint density at radius 2 is 2.35 bits per heavy atom. The molecule has 0 aliphatic rings. The molecule has 2 heterocycles. The average molecular weight is 256 g/mol. The highest BCUT2D eigenvalue weighted by Gasteiger charge is 2.05. The first-order valence-corrected chi connectivity index (χ1v) is 5.76. The van der Waals surface area contributed by atoms with Gasteiger partial charge < -0.3 is 10.1 Å². The van der Waals surface area contributed by atoms with E-state index < -0.39 is 0 Å². The van der Waals surface area contributed by atoms with Crippen molar-refractivity contribution in [3.05, 3.63) is 17.5 Å². The van der Waals surface area contributed by atoms with Crippen molar-refractivity contribution in [3.63, 3.8) is 0 Å². The van der Waals surface area contributed by atoms with Gasteiger partial charge in [-0.3, -0.25) is 0 Å². The van der Waals surface area contributed by atoms with E-state index >= 15 is 0 Å². The molecule has 0 amide bonds. The summed E-state index contributed by atoms with van der Waals surface area (Å²) in [4.78, 5) is 8.02. The number of fused-ring (bicyclic) bond motifs is 1. The van der Waals surface area contributed by atoms with E-state index in [2.05, 4.69) is 20.4 Å². The number of hydrogen-bond donors (Lipinski definition) is 1. The molecule has 0 aliphatic heterocycles. The van der Waals surface area contributed by atoms with E-state index in [0.717, 1.165) is 5.82 Å². The molecule has 0 saturated carbocycles. The van der Waals surface area contributed by atoms with Gasteiger partial charge in [0, 0.05) is 12.6 Å². The van der Waals surface area contributed by atoms with Gasteiger partial charge in [-0.2, -0.15) is 19.6 Å². The Bertz CT molecular complexity index is 498. The second kappa shape index (κ2) is 5.29. The Labute approximate surface area is 104 Å². The number of nitrogens with zero attached hydrogens (tertiary/aromatic N) is 4. The van der Waals surface area contributed by atoms with Crippen LogP contribution in [-0.4, -0.2) is 38.8 Å². The van der Waals surface area contributed by atoms with Crippen LogP contribution in [-0.2, 0) is 4.74 Å². The molecule has 17 heavy (non-hydrogen) atoms. The van der Waals surface area contributed by atoms with Crippen LogP contribution in [0.3, 0.4) is 0 Å². The first-order valence-electron chi connectivity index (χ1n) is 5.38. The Morgan fingerprint density at radius 1 is 1.53 bits per heavy atom. The largest absolute Gasteiger partial charge is 0.377 e. The quantitative estimate of drug-likeness (QED) is 0.650. The van der Waals surface area contributed by atoms with Crippen LogP contribution >= 0.6 is 11.6 Å². The second-order valence-corrected chi connectivity index (χ2v) is 4.17. The SMILES string of the molecule is CC(C)OCCNc1cc(Cl)nc2ncnn12. The van der Waals surface area contributed by atoms with Crippen LogP contribution in [0.25, 0.3) is 5.78 Å². The highest BCUT2D eigenvalue weighted by molar-refractivity contribution is 6.29. The molecule has 0 fully saturated rings. The standard InChI is InChI=1S/C10H14ClN5O/c1-7(2)17-4-3-12-9-5-8(11)15-10-13-6-14-16(9)10/h5-7,12H,3-4H2,1-2H3. The summed E-state index contributed by atoms with van der Waals surface area (Å²) in [6.07, 6.45) is 1.67. The van der Waals surface area contributed by atoms with Gasteiger partial charge in [-0.05, 0) is 13.8 Å². The first-order chi connectivity index (χ1) is 8.16. The molecule has 2 aromatic heterocycles. The van der Waals surface area contributed by atoms with E-state index in [4.69, 9.17) is 16.3 Å². The molecule has 2 aromatic rings. The van der Waals surface area contributed by atoms with Gasteiger partial charge in [0.15, 0.2) is 0 Å². The Balaban J connectivity index is 2.04. The number of ether oxygens (including phenoxy) is 1. The fraction of sp³-hybridized carbons (Fsp3) is 0.500. The number of hydrogen-bond acceptors (Lipinski definition) is 5. The average Bonchev–Trinajstić information content (AvgIpc) is 2.71. The number of anilines is 1. The Hall–Kier alpha value is -1.40. The summed E-state index contributed by atoms with van der Waals surface area (Å²) in [5, 5.41) is 7.62. The zero-order valence-electron chi connectivity index (χ0n) is 9.72. The second-order valence-electron chi connectivity index (χ2n) is 3.78. The lowest BCUT2D eigenvalue weighted by Gasteiger charge is -2.10. The predicted molar refractivity (Wildman–Crippen MR) is 65.4 cm³/mol. The maximum absolute atomic E-state index is 5.88. The molecular weight excluding hydrogens is 242 g/mol. The van der Waals surface area contributed by atoms with Crippen molar-refractivity contribution in [1.82, 2.24) is 19.6 Å². The molecule has 0 aliphatic carbocycles. The molecule has 92 valence electrons. The molecule has 7 heteroatoms. The minimum Gasteiger partial charge on any atom is -0.377 e. The summed E-state index contributed by atoms with van der Waals surface area (Å²) in [5.41, 5.74) is 0. The Morgan fingerprint density at radius 3 is 3.12 bits per heavy atom. The van der Waals surface area contributed by atoms with E-state index in [1.807, 2.05) is 13.8 Å². The van der Waals surface area contributed by atoms with Crippen LogP contribution in [0, 0.1) is 0 Å². The third-order valence-electron chi connectivity index (χ3n) is 2.08. The molecule has 0 bridgehead atoms. The summed E-state index contributed by atoms with van der Waals surface area (Å²) in [6, 6.07) is 1.71. The molecule has 0 unspecified atom stereocenters. The molecule has 2 rings (SSSR count). The number of aromatic nitrogens is 4. The lowest BCUT2D eigenvalue weighted by molar-refractivity contribution is 0.0870. The molecule has 0 spiro atoms. The minimum absolute atomic E-state index is 0.226. The van der Waals surface area contributed by atoms with Crippen molar-refractivity contribution in [2.45, 2.75) is 20.0 Å². The highest BCUT2D eigenvalue weighted by Crippen LogP contribution is 2.13. The smallest absolute Gasteiger partial charge is 0.255 e. The van der Waals surface area contributed by atoms with E-state index in [0.29, 0.717) is 24.1 Å². The lowest BCUT2D eigenvalue weighted by atomic mass is 10.5. The van der Waals surface area contributed by atoms with E-state index in [1.54, 1.807) is 10.6 Å². The van der Waals surface area contributed by atoms with Gasteiger partial charge in [0.25, 0.3) is 5.78 Å². The maximum atomic E-state index is 5.88. The van der Waals surface area contributed by atoms with Crippen molar-refractivity contribution >= 4 is 23.2 Å². The molecule has 1 N–H and O–H groups in total. The van der Waals surface area contributed by atoms with Crippen molar-refractivity contribution in [2.24, 2.45) is 0 Å². The maximum Gasteiger partial charge on any atom is 0.255 e. The topological polar surface area (TPSA) is 64.3 Å². The number of halogens is 1. The molecule has 6 nitrogen and oxygen atoms in total. The Kier molecular flexibility index (Phi) is 3.75. The van der Waals surface area contributed by atoms with Crippen LogP contribution in [0.15, 0.2) is 12.4 Å². The summed E-state index contributed by atoms with van der Waals surface area (Å²) >= 11 is 5.88. The van der Waals surface area contributed by atoms with Gasteiger partial charge in [0.1, 0.15) is 17.3 Å². The van der Waals surface area contributed by atoms with Crippen LogP contribution < -0.4 is 5.32 Å². The zero-order chi connectivity index (χ0) is 12.3. The summed E-state index contributed by atoms with van der Waals surface area (Å²) in [6.45, 7) is 5.29. The summed E-state index contributed by atoms with van der Waals surface area (Å²) < 4.78 is 7.03. The third-order valence-corrected chi connectivity index (χ3v) is 2.27. The third kappa shape index (κ3) is 3.04. The number of nitrogens with one attached hydrogen (secondary N) is 1. The molecular formula is C10H14ClN5O. The summed E-state index contributed by atoms with van der Waals surface area (Å²) in [5.74, 6) is 1.23. The van der Waals surface area contributed by atoms with Crippen molar-refractivity contribution in [2.75, 3.05) is 18.5 Å². The van der Waals surface area contributed by atoms with Gasteiger partial charge in [-0.15, -0.1) is 0 Å². The van der Waals surface area contributed by atoms with Crippen molar-refractivity contribution in [1.29, 1.82) is 0 Å². The van der Waals surface area contributed by atoms with Gasteiger partial charge in [-0.1, -0.05) is 11.6 Å². The van der Waals surface area contributed by atoms with Crippen LogP contribution in [0.4, 0.5) is 5.82 Å². The van der Waals surface area contributed by atoms with E-state index in [9.17, 15) is 0 Å². The predicted octanol–water partition coefficient (Wildman–Crippen LogP) is 1.61. The summed E-state index contributed by atoms with van der Waals surface area (Å²) in [7, 11) is 0. The van der Waals surface area contributed by atoms with Gasteiger partial charge in [-0.25, -0.2) is 0 Å². The normalized spacial score (nSPS) is 11.3. The van der Waals surface area contributed by atoms with E-state index in [-0.39, 0.29) is 6.10 Å². The van der Waals surface area contributed by atoms with Gasteiger partial charge in [0.05, 0.1) is 12.7 Å². The van der Waals surface area contributed by atoms with Gasteiger partial charge >= 0.3 is 0 Å².